The summed E-state index contributed by atoms with van der Waals surface area (Å²) in [6.07, 6.45) is 5.00. The number of hydrogen-bond donors (Lipinski definition) is 1. The molecule has 0 saturated carbocycles. The number of aromatic nitrogens is 2. The van der Waals surface area contributed by atoms with Gasteiger partial charge in [-0.25, -0.2) is 0 Å². The molecule has 116 valence electrons. The maximum atomic E-state index is 5.68. The van der Waals surface area contributed by atoms with Crippen LogP contribution in [-0.2, 0) is 11.2 Å². The van der Waals surface area contributed by atoms with Gasteiger partial charge in [-0.3, -0.25) is 0 Å². The summed E-state index contributed by atoms with van der Waals surface area (Å²) in [5.74, 6) is 1.40. The molecule has 20 heavy (non-hydrogen) atoms. The molecule has 0 fully saturated rings. The Labute approximate surface area is 122 Å². The van der Waals surface area contributed by atoms with Crippen LogP contribution in [0.3, 0.4) is 0 Å². The lowest BCUT2D eigenvalue weighted by Gasteiger charge is -2.14. The van der Waals surface area contributed by atoms with E-state index >= 15 is 0 Å². The van der Waals surface area contributed by atoms with Gasteiger partial charge in [0.05, 0.1) is 0 Å². The van der Waals surface area contributed by atoms with Crippen molar-refractivity contribution in [1.29, 1.82) is 0 Å². The fourth-order valence-electron chi connectivity index (χ4n) is 2.36. The number of hydrogen-bond acceptors (Lipinski definition) is 5. The SMILES string of the molecule is CCCC(Cc1nc(C(CCC)OCC)no1)NCC. The molecule has 0 aliphatic heterocycles. The van der Waals surface area contributed by atoms with Gasteiger partial charge in [-0.1, -0.05) is 38.8 Å². The van der Waals surface area contributed by atoms with Crippen LogP contribution < -0.4 is 5.32 Å². The highest BCUT2D eigenvalue weighted by atomic mass is 16.5. The van der Waals surface area contributed by atoms with Gasteiger partial charge >= 0.3 is 0 Å². The molecule has 5 nitrogen and oxygen atoms in total. The van der Waals surface area contributed by atoms with E-state index in [9.17, 15) is 0 Å². The third kappa shape index (κ3) is 5.59. The van der Waals surface area contributed by atoms with Gasteiger partial charge in [-0.15, -0.1) is 0 Å². The quantitative estimate of drug-likeness (QED) is 0.675. The van der Waals surface area contributed by atoms with E-state index in [0.717, 1.165) is 38.6 Å². The van der Waals surface area contributed by atoms with Gasteiger partial charge in [-0.2, -0.15) is 4.98 Å². The monoisotopic (exact) mass is 283 g/mol. The zero-order valence-corrected chi connectivity index (χ0v) is 13.3. The van der Waals surface area contributed by atoms with E-state index < -0.39 is 0 Å². The topological polar surface area (TPSA) is 60.2 Å². The van der Waals surface area contributed by atoms with E-state index in [1.54, 1.807) is 0 Å². The van der Waals surface area contributed by atoms with Gasteiger partial charge in [0.1, 0.15) is 6.10 Å². The lowest BCUT2D eigenvalue weighted by atomic mass is 10.1. The summed E-state index contributed by atoms with van der Waals surface area (Å²) in [5, 5.41) is 7.55. The first kappa shape index (κ1) is 17.1. The molecule has 2 atom stereocenters. The Bertz CT molecular complexity index is 343. The second-order valence-electron chi connectivity index (χ2n) is 5.03. The van der Waals surface area contributed by atoms with Crippen LogP contribution in [0, 0.1) is 0 Å². The molecule has 1 aromatic rings. The molecule has 1 heterocycles. The maximum Gasteiger partial charge on any atom is 0.228 e. The maximum absolute atomic E-state index is 5.68. The van der Waals surface area contributed by atoms with Crippen molar-refractivity contribution in [1.82, 2.24) is 15.5 Å². The first-order valence-electron chi connectivity index (χ1n) is 7.92. The molecule has 1 N–H and O–H groups in total. The zero-order valence-electron chi connectivity index (χ0n) is 13.3. The van der Waals surface area contributed by atoms with E-state index in [-0.39, 0.29) is 6.10 Å². The van der Waals surface area contributed by atoms with Gasteiger partial charge in [0, 0.05) is 19.1 Å². The molecule has 2 unspecified atom stereocenters. The van der Waals surface area contributed by atoms with Crippen LogP contribution >= 0.6 is 0 Å². The first-order valence-corrected chi connectivity index (χ1v) is 7.92. The van der Waals surface area contributed by atoms with Crippen LogP contribution in [0.25, 0.3) is 0 Å². The molecule has 0 aliphatic rings. The van der Waals surface area contributed by atoms with E-state index in [4.69, 9.17) is 9.26 Å². The Morgan fingerprint density at radius 3 is 2.50 bits per heavy atom. The van der Waals surface area contributed by atoms with Gasteiger partial charge in [0.15, 0.2) is 0 Å². The van der Waals surface area contributed by atoms with Gasteiger partial charge < -0.3 is 14.6 Å². The van der Waals surface area contributed by atoms with Crippen molar-refractivity contribution < 1.29 is 9.26 Å². The summed E-state index contributed by atoms with van der Waals surface area (Å²) in [6.45, 7) is 10.1. The van der Waals surface area contributed by atoms with E-state index in [1.165, 1.54) is 0 Å². The minimum Gasteiger partial charge on any atom is -0.370 e. The summed E-state index contributed by atoms with van der Waals surface area (Å²) >= 11 is 0. The van der Waals surface area contributed by atoms with Crippen LogP contribution in [0.1, 0.15) is 71.2 Å². The highest BCUT2D eigenvalue weighted by Crippen LogP contribution is 2.20. The molecule has 0 amide bonds. The fourth-order valence-corrected chi connectivity index (χ4v) is 2.36. The average Bonchev–Trinajstić information content (AvgIpc) is 2.87. The van der Waals surface area contributed by atoms with Gasteiger partial charge in [-0.05, 0) is 26.3 Å². The van der Waals surface area contributed by atoms with E-state index in [2.05, 4.69) is 36.2 Å². The van der Waals surface area contributed by atoms with Crippen molar-refractivity contribution in [3.8, 4) is 0 Å². The van der Waals surface area contributed by atoms with Gasteiger partial charge in [0.2, 0.25) is 11.7 Å². The molecule has 1 aromatic heterocycles. The highest BCUT2D eigenvalue weighted by Gasteiger charge is 2.19. The molecule has 0 bridgehead atoms. The van der Waals surface area contributed by atoms with Crippen molar-refractivity contribution >= 4 is 0 Å². The third-order valence-electron chi connectivity index (χ3n) is 3.24. The lowest BCUT2D eigenvalue weighted by Crippen LogP contribution is -2.30. The fraction of sp³-hybridized carbons (Fsp3) is 0.867. The summed E-state index contributed by atoms with van der Waals surface area (Å²) in [5.41, 5.74) is 0. The van der Waals surface area contributed by atoms with Crippen molar-refractivity contribution in [3.63, 3.8) is 0 Å². The van der Waals surface area contributed by atoms with Crippen molar-refractivity contribution in [2.24, 2.45) is 0 Å². The summed E-state index contributed by atoms with van der Waals surface area (Å²) in [4.78, 5) is 4.51. The molecule has 5 heteroatoms. The molecule has 0 saturated heterocycles. The van der Waals surface area contributed by atoms with Gasteiger partial charge in [0.25, 0.3) is 0 Å². The van der Waals surface area contributed by atoms with Crippen molar-refractivity contribution in [2.75, 3.05) is 13.2 Å². The van der Waals surface area contributed by atoms with E-state index in [0.29, 0.717) is 24.4 Å². The molecule has 0 aromatic carbocycles. The van der Waals surface area contributed by atoms with E-state index in [1.807, 2.05) is 6.92 Å². The molecular formula is C15H29N3O2. The Morgan fingerprint density at radius 1 is 1.15 bits per heavy atom. The van der Waals surface area contributed by atoms with Crippen LogP contribution in [0.15, 0.2) is 4.52 Å². The largest absolute Gasteiger partial charge is 0.370 e. The van der Waals surface area contributed by atoms with Crippen LogP contribution in [0.2, 0.25) is 0 Å². The summed E-state index contributed by atoms with van der Waals surface area (Å²) in [6, 6.07) is 0.412. The Kier molecular flexibility index (Phi) is 8.46. The Hall–Kier alpha value is -0.940. The second kappa shape index (κ2) is 9.88. The summed E-state index contributed by atoms with van der Waals surface area (Å²) < 4.78 is 11.1. The number of likely N-dealkylation sites (N-methyl/N-ethyl adjacent to an activating group) is 1. The first-order chi connectivity index (χ1) is 9.74. The standard InChI is InChI=1S/C15H29N3O2/c1-5-9-12(16-7-3)11-14-17-15(18-20-14)13(10-6-2)19-8-4/h12-13,16H,5-11H2,1-4H3. The minimum absolute atomic E-state index is 0.0359. The Morgan fingerprint density at radius 2 is 1.90 bits per heavy atom. The zero-order chi connectivity index (χ0) is 14.8. The molecule has 1 rings (SSSR count). The molecule has 0 spiro atoms. The lowest BCUT2D eigenvalue weighted by molar-refractivity contribution is 0.0477. The van der Waals surface area contributed by atoms with Crippen LogP contribution in [0.5, 0.6) is 0 Å². The normalized spacial score (nSPS) is 14.4. The van der Waals surface area contributed by atoms with Crippen LogP contribution in [-0.4, -0.2) is 29.3 Å². The minimum atomic E-state index is -0.0359. The van der Waals surface area contributed by atoms with Crippen LogP contribution in [0.4, 0.5) is 0 Å². The number of nitrogens with one attached hydrogen (secondary N) is 1. The Balaban J connectivity index is 2.64. The average molecular weight is 283 g/mol. The molecule has 0 aliphatic carbocycles. The highest BCUT2D eigenvalue weighted by molar-refractivity contribution is 4.93. The smallest absolute Gasteiger partial charge is 0.228 e. The number of ether oxygens (including phenoxy) is 1. The second-order valence-corrected chi connectivity index (χ2v) is 5.03. The van der Waals surface area contributed by atoms with Crippen molar-refractivity contribution in [2.45, 2.75) is 71.9 Å². The predicted octanol–water partition coefficient (Wildman–Crippen LogP) is 3.27. The van der Waals surface area contributed by atoms with Crippen molar-refractivity contribution in [3.05, 3.63) is 11.7 Å². The number of nitrogens with zero attached hydrogens (tertiary/aromatic N) is 2. The molecular weight excluding hydrogens is 254 g/mol. The summed E-state index contributed by atoms with van der Waals surface area (Å²) in [7, 11) is 0. The predicted molar refractivity (Wildman–Crippen MR) is 79.6 cm³/mol. The number of rotatable bonds is 11. The molecule has 0 radical (unpaired) electrons. The third-order valence-corrected chi connectivity index (χ3v) is 3.24.